The Morgan fingerprint density at radius 2 is 2.09 bits per heavy atom. The molecule has 0 bridgehead atoms. The summed E-state index contributed by atoms with van der Waals surface area (Å²) in [6.45, 7) is 3.88. The maximum atomic E-state index is 4.94. The number of hydrogen-bond acceptors (Lipinski definition) is 3. The third-order valence-electron chi connectivity index (χ3n) is 1.70. The van der Waals surface area contributed by atoms with Crippen molar-refractivity contribution in [2.24, 2.45) is 0 Å². The van der Waals surface area contributed by atoms with Gasteiger partial charge in [0.05, 0.1) is 12.8 Å². The Morgan fingerprint density at radius 1 is 1.45 bits per heavy atom. The van der Waals surface area contributed by atoms with E-state index in [-0.39, 0.29) is 0 Å². The topological polar surface area (TPSA) is 24.5 Å². The summed E-state index contributed by atoms with van der Waals surface area (Å²) < 4.78 is 4.94. The van der Waals surface area contributed by atoms with Crippen LogP contribution in [0.2, 0.25) is 0 Å². The van der Waals surface area contributed by atoms with Crippen molar-refractivity contribution in [3.05, 3.63) is 0 Å². The summed E-state index contributed by atoms with van der Waals surface area (Å²) in [4.78, 5) is 2.18. The van der Waals surface area contributed by atoms with E-state index in [0.717, 1.165) is 19.6 Å². The van der Waals surface area contributed by atoms with E-state index in [4.69, 9.17) is 4.74 Å². The van der Waals surface area contributed by atoms with E-state index in [1.807, 2.05) is 0 Å². The van der Waals surface area contributed by atoms with Gasteiger partial charge in [-0.05, 0) is 20.5 Å². The van der Waals surface area contributed by atoms with E-state index >= 15 is 0 Å². The number of nitrogens with one attached hydrogen (secondary N) is 1. The molecule has 0 heterocycles. The number of methoxy groups -OCH3 is 1. The summed E-state index contributed by atoms with van der Waals surface area (Å²) >= 11 is 0. The molecule has 1 atom stereocenters. The molecule has 0 amide bonds. The Labute approximate surface area is 69.7 Å². The summed E-state index contributed by atoms with van der Waals surface area (Å²) in [5.41, 5.74) is 0. The zero-order chi connectivity index (χ0) is 8.69. The number of hydrogen-bond donors (Lipinski definition) is 1. The Kier molecular flexibility index (Phi) is 6.51. The van der Waals surface area contributed by atoms with Gasteiger partial charge in [-0.1, -0.05) is 6.92 Å². The lowest BCUT2D eigenvalue weighted by atomic mass is 10.3. The highest BCUT2D eigenvalue weighted by molar-refractivity contribution is 4.60. The smallest absolute Gasteiger partial charge is 0.0590 e. The molecule has 1 N–H and O–H groups in total. The van der Waals surface area contributed by atoms with E-state index in [2.05, 4.69) is 31.2 Å². The fourth-order valence-corrected chi connectivity index (χ4v) is 1.02. The van der Waals surface area contributed by atoms with Crippen molar-refractivity contribution in [2.75, 3.05) is 34.4 Å². The molecular weight excluding hydrogens is 140 g/mol. The van der Waals surface area contributed by atoms with Crippen molar-refractivity contribution in [3.63, 3.8) is 0 Å². The molecule has 0 saturated heterocycles. The van der Waals surface area contributed by atoms with E-state index in [1.54, 1.807) is 7.11 Å². The Balaban J connectivity index is 3.36. The first kappa shape index (κ1) is 10.9. The van der Waals surface area contributed by atoms with Crippen LogP contribution in [0, 0.1) is 0 Å². The highest BCUT2D eigenvalue weighted by Gasteiger charge is 2.05. The lowest BCUT2D eigenvalue weighted by Crippen LogP contribution is -2.42. The third kappa shape index (κ3) is 5.18. The predicted molar refractivity (Wildman–Crippen MR) is 47.6 cm³/mol. The summed E-state index contributed by atoms with van der Waals surface area (Å²) in [7, 11) is 5.88. The molecule has 0 fully saturated rings. The minimum absolute atomic E-state index is 0.477. The molecule has 1 unspecified atom stereocenters. The first-order valence-electron chi connectivity index (χ1n) is 4.11. The van der Waals surface area contributed by atoms with Crippen LogP contribution in [0.15, 0.2) is 0 Å². The monoisotopic (exact) mass is 160 g/mol. The summed E-state index contributed by atoms with van der Waals surface area (Å²) in [6, 6.07) is 0. The highest BCUT2D eigenvalue weighted by atomic mass is 16.5. The average molecular weight is 160 g/mol. The van der Waals surface area contributed by atoms with Crippen LogP contribution in [0.4, 0.5) is 0 Å². The Hall–Kier alpha value is -0.120. The minimum atomic E-state index is 0.477. The number of ether oxygens (including phenoxy) is 1. The standard InChI is InChI=1S/C8H20N2O/c1-5-8(10(2)3)9-6-7-11-4/h8-9H,5-7H2,1-4H3. The minimum Gasteiger partial charge on any atom is -0.383 e. The van der Waals surface area contributed by atoms with Crippen LogP contribution in [-0.2, 0) is 4.74 Å². The second kappa shape index (κ2) is 6.58. The molecule has 0 aliphatic carbocycles. The molecule has 0 saturated carbocycles. The maximum absolute atomic E-state index is 4.94. The quantitative estimate of drug-likeness (QED) is 0.453. The van der Waals surface area contributed by atoms with Gasteiger partial charge in [0, 0.05) is 13.7 Å². The van der Waals surface area contributed by atoms with E-state index < -0.39 is 0 Å². The Morgan fingerprint density at radius 3 is 2.45 bits per heavy atom. The van der Waals surface area contributed by atoms with Crippen molar-refractivity contribution >= 4 is 0 Å². The van der Waals surface area contributed by atoms with Gasteiger partial charge in [0.1, 0.15) is 0 Å². The zero-order valence-corrected chi connectivity index (χ0v) is 8.05. The van der Waals surface area contributed by atoms with E-state index in [0.29, 0.717) is 6.17 Å². The van der Waals surface area contributed by atoms with E-state index in [9.17, 15) is 0 Å². The first-order chi connectivity index (χ1) is 5.22. The molecule has 0 aromatic heterocycles. The largest absolute Gasteiger partial charge is 0.383 e. The molecule has 68 valence electrons. The van der Waals surface area contributed by atoms with Gasteiger partial charge in [-0.3, -0.25) is 10.2 Å². The second-order valence-corrected chi connectivity index (χ2v) is 2.83. The SMILES string of the molecule is CCC(NCCOC)N(C)C. The lowest BCUT2D eigenvalue weighted by molar-refractivity contribution is 0.173. The Bertz CT molecular complexity index is 86.2. The molecule has 11 heavy (non-hydrogen) atoms. The highest BCUT2D eigenvalue weighted by Crippen LogP contribution is 1.92. The molecule has 0 rings (SSSR count). The summed E-state index contributed by atoms with van der Waals surface area (Å²) in [5.74, 6) is 0. The lowest BCUT2D eigenvalue weighted by Gasteiger charge is -2.23. The average Bonchev–Trinajstić information content (AvgIpc) is 1.97. The number of nitrogens with zero attached hydrogens (tertiary/aromatic N) is 1. The molecule has 0 aromatic rings. The molecule has 0 spiro atoms. The molecule has 0 aromatic carbocycles. The molecule has 3 heteroatoms. The van der Waals surface area contributed by atoms with Crippen LogP contribution in [-0.4, -0.2) is 45.4 Å². The summed E-state index contributed by atoms with van der Waals surface area (Å²) in [5, 5.41) is 3.37. The van der Waals surface area contributed by atoms with Crippen molar-refractivity contribution in [2.45, 2.75) is 19.5 Å². The zero-order valence-electron chi connectivity index (χ0n) is 8.05. The third-order valence-corrected chi connectivity index (χ3v) is 1.70. The van der Waals surface area contributed by atoms with Crippen LogP contribution in [0.5, 0.6) is 0 Å². The molecule has 0 radical (unpaired) electrons. The maximum Gasteiger partial charge on any atom is 0.0590 e. The first-order valence-corrected chi connectivity index (χ1v) is 4.11. The van der Waals surface area contributed by atoms with Gasteiger partial charge in [0.2, 0.25) is 0 Å². The fraction of sp³-hybridized carbons (Fsp3) is 1.00. The number of rotatable bonds is 6. The van der Waals surface area contributed by atoms with Gasteiger partial charge in [-0.2, -0.15) is 0 Å². The van der Waals surface area contributed by atoms with Gasteiger partial charge in [0.15, 0.2) is 0 Å². The van der Waals surface area contributed by atoms with Gasteiger partial charge >= 0.3 is 0 Å². The molecule has 0 aliphatic heterocycles. The van der Waals surface area contributed by atoms with Crippen LogP contribution >= 0.6 is 0 Å². The molecule has 3 nitrogen and oxygen atoms in total. The van der Waals surface area contributed by atoms with Crippen molar-refractivity contribution in [1.82, 2.24) is 10.2 Å². The second-order valence-electron chi connectivity index (χ2n) is 2.83. The molecule has 0 aliphatic rings. The van der Waals surface area contributed by atoms with Gasteiger partial charge in [-0.25, -0.2) is 0 Å². The fourth-order valence-electron chi connectivity index (χ4n) is 1.02. The van der Waals surface area contributed by atoms with Crippen LogP contribution in [0.25, 0.3) is 0 Å². The van der Waals surface area contributed by atoms with Crippen molar-refractivity contribution < 1.29 is 4.74 Å². The predicted octanol–water partition coefficient (Wildman–Crippen LogP) is 0.520. The van der Waals surface area contributed by atoms with Gasteiger partial charge < -0.3 is 4.74 Å². The van der Waals surface area contributed by atoms with Crippen LogP contribution in [0.1, 0.15) is 13.3 Å². The molecular formula is C8H20N2O. The van der Waals surface area contributed by atoms with Crippen molar-refractivity contribution in [3.8, 4) is 0 Å². The summed E-state index contributed by atoms with van der Waals surface area (Å²) in [6.07, 6.45) is 1.60. The van der Waals surface area contributed by atoms with Gasteiger partial charge in [-0.15, -0.1) is 0 Å². The van der Waals surface area contributed by atoms with Crippen LogP contribution in [0.3, 0.4) is 0 Å². The van der Waals surface area contributed by atoms with Gasteiger partial charge in [0.25, 0.3) is 0 Å². The van der Waals surface area contributed by atoms with Crippen molar-refractivity contribution in [1.29, 1.82) is 0 Å². The van der Waals surface area contributed by atoms with Crippen LogP contribution < -0.4 is 5.32 Å². The van der Waals surface area contributed by atoms with E-state index in [1.165, 1.54) is 0 Å². The normalized spacial score (nSPS) is 13.9.